The number of carboxylic acid groups (broad SMARTS) is 1. The highest BCUT2D eigenvalue weighted by Gasteiger charge is 2.06. The van der Waals surface area contributed by atoms with Gasteiger partial charge in [0, 0.05) is 17.6 Å². The average molecular weight is 291 g/mol. The molecule has 6 nitrogen and oxygen atoms in total. The van der Waals surface area contributed by atoms with Crippen molar-refractivity contribution in [2.75, 3.05) is 5.32 Å². The number of thiazole rings is 1. The summed E-state index contributed by atoms with van der Waals surface area (Å²) >= 11 is 1.38. The zero-order valence-corrected chi connectivity index (χ0v) is 11.5. The van der Waals surface area contributed by atoms with Crippen LogP contribution in [0.4, 0.5) is 9.93 Å². The number of nitrogens with one attached hydrogen (secondary N) is 2. The van der Waals surface area contributed by atoms with E-state index in [1.54, 1.807) is 18.3 Å². The molecule has 0 unspecified atom stereocenters. The molecule has 0 aliphatic heterocycles. The van der Waals surface area contributed by atoms with Crippen molar-refractivity contribution in [1.82, 2.24) is 10.3 Å². The molecule has 0 saturated carbocycles. The van der Waals surface area contributed by atoms with Gasteiger partial charge in [-0.25, -0.2) is 14.6 Å². The van der Waals surface area contributed by atoms with Crippen LogP contribution in [0.15, 0.2) is 30.5 Å². The topological polar surface area (TPSA) is 91.3 Å². The quantitative estimate of drug-likeness (QED) is 0.807. The van der Waals surface area contributed by atoms with Gasteiger partial charge in [-0.05, 0) is 24.6 Å². The van der Waals surface area contributed by atoms with Crippen molar-refractivity contribution in [1.29, 1.82) is 0 Å². The second-order valence-electron chi connectivity index (χ2n) is 4.09. The van der Waals surface area contributed by atoms with Gasteiger partial charge >= 0.3 is 12.0 Å². The Morgan fingerprint density at radius 2 is 2.20 bits per heavy atom. The fraction of sp³-hybridized carbons (Fsp3) is 0.154. The molecule has 0 radical (unpaired) electrons. The molecule has 2 amide bonds. The van der Waals surface area contributed by atoms with E-state index >= 15 is 0 Å². The van der Waals surface area contributed by atoms with Gasteiger partial charge in [-0.3, -0.25) is 5.32 Å². The molecule has 0 fully saturated rings. The fourth-order valence-electron chi connectivity index (χ4n) is 1.55. The summed E-state index contributed by atoms with van der Waals surface area (Å²) in [5, 5.41) is 14.7. The number of hydrogen-bond acceptors (Lipinski definition) is 4. The number of aromatic nitrogens is 1. The molecule has 0 aliphatic carbocycles. The Kier molecular flexibility index (Phi) is 4.31. The number of hydrogen-bond donors (Lipinski definition) is 3. The van der Waals surface area contributed by atoms with Gasteiger partial charge in [-0.1, -0.05) is 12.1 Å². The molecule has 0 saturated heterocycles. The second kappa shape index (κ2) is 6.16. The number of carboxylic acids is 1. The maximum atomic E-state index is 11.6. The molecule has 2 aromatic rings. The van der Waals surface area contributed by atoms with Crippen LogP contribution in [0.5, 0.6) is 0 Å². The summed E-state index contributed by atoms with van der Waals surface area (Å²) in [7, 11) is 0. The lowest BCUT2D eigenvalue weighted by molar-refractivity contribution is 0.0696. The van der Waals surface area contributed by atoms with Gasteiger partial charge in [0.25, 0.3) is 0 Å². The molecule has 2 rings (SSSR count). The molecular formula is C13H13N3O3S. The molecule has 0 spiro atoms. The van der Waals surface area contributed by atoms with Gasteiger partial charge < -0.3 is 10.4 Å². The van der Waals surface area contributed by atoms with E-state index < -0.39 is 5.97 Å². The van der Waals surface area contributed by atoms with Crippen LogP contribution in [0.1, 0.15) is 20.8 Å². The molecule has 0 bridgehead atoms. The summed E-state index contributed by atoms with van der Waals surface area (Å²) in [6.07, 6.45) is 1.68. The molecule has 1 heterocycles. The predicted octanol–water partition coefficient (Wildman–Crippen LogP) is 2.47. The first-order valence-corrected chi connectivity index (χ1v) is 6.66. The van der Waals surface area contributed by atoms with Gasteiger partial charge in [-0.2, -0.15) is 0 Å². The summed E-state index contributed by atoms with van der Waals surface area (Å²) < 4.78 is 0. The van der Waals surface area contributed by atoms with E-state index in [1.807, 2.05) is 6.92 Å². The summed E-state index contributed by atoms with van der Waals surface area (Å²) in [5.41, 5.74) is 0.913. The lowest BCUT2D eigenvalue weighted by Gasteiger charge is -2.06. The van der Waals surface area contributed by atoms with Crippen molar-refractivity contribution in [3.05, 3.63) is 46.5 Å². The van der Waals surface area contributed by atoms with E-state index in [9.17, 15) is 9.59 Å². The number of aromatic carboxylic acids is 1. The van der Waals surface area contributed by atoms with Crippen molar-refractivity contribution < 1.29 is 14.7 Å². The van der Waals surface area contributed by atoms with E-state index in [2.05, 4.69) is 15.6 Å². The van der Waals surface area contributed by atoms with E-state index in [-0.39, 0.29) is 18.1 Å². The first-order valence-electron chi connectivity index (χ1n) is 5.84. The van der Waals surface area contributed by atoms with E-state index in [4.69, 9.17) is 5.11 Å². The van der Waals surface area contributed by atoms with Crippen molar-refractivity contribution in [2.24, 2.45) is 0 Å². The van der Waals surface area contributed by atoms with Gasteiger partial charge in [0.1, 0.15) is 0 Å². The minimum atomic E-state index is -0.991. The summed E-state index contributed by atoms with van der Waals surface area (Å²) in [6.45, 7) is 2.15. The first-order chi connectivity index (χ1) is 9.54. The normalized spacial score (nSPS) is 10.1. The van der Waals surface area contributed by atoms with Crippen LogP contribution >= 0.6 is 11.3 Å². The fourth-order valence-corrected chi connectivity index (χ4v) is 2.21. The summed E-state index contributed by atoms with van der Waals surface area (Å²) in [6, 6.07) is 6.04. The Hall–Kier alpha value is -2.41. The number of carbonyl (C=O) groups excluding carboxylic acids is 1. The largest absolute Gasteiger partial charge is 0.478 e. The third-order valence-corrected chi connectivity index (χ3v) is 3.30. The Bertz CT molecular complexity index is 639. The molecule has 0 atom stereocenters. The maximum absolute atomic E-state index is 11.6. The van der Waals surface area contributed by atoms with E-state index in [0.717, 1.165) is 10.4 Å². The number of rotatable bonds is 4. The number of aryl methyl sites for hydroxylation is 1. The SMILES string of the molecule is Cc1cnc(NC(=O)NCc2cccc(C(=O)O)c2)s1. The average Bonchev–Trinajstić information content (AvgIpc) is 2.82. The van der Waals surface area contributed by atoms with Crippen molar-refractivity contribution in [2.45, 2.75) is 13.5 Å². The highest BCUT2D eigenvalue weighted by Crippen LogP contribution is 2.16. The van der Waals surface area contributed by atoms with Crippen LogP contribution in [0.3, 0.4) is 0 Å². The maximum Gasteiger partial charge on any atom is 0.335 e. The zero-order chi connectivity index (χ0) is 14.5. The summed E-state index contributed by atoms with van der Waals surface area (Å²) in [5.74, 6) is -0.991. The lowest BCUT2D eigenvalue weighted by atomic mass is 10.1. The smallest absolute Gasteiger partial charge is 0.335 e. The minimum Gasteiger partial charge on any atom is -0.478 e. The van der Waals surface area contributed by atoms with Crippen LogP contribution < -0.4 is 10.6 Å². The molecule has 20 heavy (non-hydrogen) atoms. The molecule has 1 aromatic heterocycles. The van der Waals surface area contributed by atoms with Gasteiger partial charge in [0.2, 0.25) is 0 Å². The van der Waals surface area contributed by atoms with E-state index in [1.165, 1.54) is 23.5 Å². The zero-order valence-electron chi connectivity index (χ0n) is 10.7. The number of urea groups is 1. The molecular weight excluding hydrogens is 278 g/mol. The molecule has 0 aliphatic rings. The highest BCUT2D eigenvalue weighted by molar-refractivity contribution is 7.15. The predicted molar refractivity (Wildman–Crippen MR) is 76.1 cm³/mol. The third-order valence-electron chi connectivity index (χ3n) is 2.47. The first kappa shape index (κ1) is 14.0. The lowest BCUT2D eigenvalue weighted by Crippen LogP contribution is -2.28. The van der Waals surface area contributed by atoms with Crippen LogP contribution in [0.25, 0.3) is 0 Å². The van der Waals surface area contributed by atoms with E-state index in [0.29, 0.717) is 5.13 Å². The van der Waals surface area contributed by atoms with Crippen LogP contribution in [-0.2, 0) is 6.54 Å². The Morgan fingerprint density at radius 3 is 2.85 bits per heavy atom. The van der Waals surface area contributed by atoms with Gasteiger partial charge in [0.15, 0.2) is 5.13 Å². The van der Waals surface area contributed by atoms with Crippen LogP contribution in [0.2, 0.25) is 0 Å². The van der Waals surface area contributed by atoms with Crippen molar-refractivity contribution >= 4 is 28.5 Å². The number of anilines is 1. The third kappa shape index (κ3) is 3.79. The number of amides is 2. The number of benzene rings is 1. The Labute approximate surface area is 119 Å². The number of nitrogens with zero attached hydrogens (tertiary/aromatic N) is 1. The standard InChI is InChI=1S/C13H13N3O3S/c1-8-6-15-13(20-8)16-12(19)14-7-9-3-2-4-10(5-9)11(17)18/h2-6H,7H2,1H3,(H,17,18)(H2,14,15,16,19). The van der Waals surface area contributed by atoms with Gasteiger partial charge in [-0.15, -0.1) is 11.3 Å². The highest BCUT2D eigenvalue weighted by atomic mass is 32.1. The Balaban J connectivity index is 1.90. The van der Waals surface area contributed by atoms with Crippen LogP contribution in [0, 0.1) is 6.92 Å². The second-order valence-corrected chi connectivity index (χ2v) is 5.32. The summed E-state index contributed by atoms with van der Waals surface area (Å²) in [4.78, 5) is 27.5. The molecule has 104 valence electrons. The van der Waals surface area contributed by atoms with Crippen LogP contribution in [-0.4, -0.2) is 22.1 Å². The van der Waals surface area contributed by atoms with Crippen molar-refractivity contribution in [3.8, 4) is 0 Å². The molecule has 1 aromatic carbocycles. The molecule has 7 heteroatoms. The molecule has 3 N–H and O–H groups in total. The minimum absolute atomic E-state index is 0.195. The monoisotopic (exact) mass is 291 g/mol. The van der Waals surface area contributed by atoms with Gasteiger partial charge in [0.05, 0.1) is 5.56 Å². The van der Waals surface area contributed by atoms with Crippen molar-refractivity contribution in [3.63, 3.8) is 0 Å². The Morgan fingerprint density at radius 1 is 1.40 bits per heavy atom. The number of carbonyl (C=O) groups is 2.